The zero-order valence-electron chi connectivity index (χ0n) is 16.1. The third kappa shape index (κ3) is 4.36. The Kier molecular flexibility index (Phi) is 5.94. The summed E-state index contributed by atoms with van der Waals surface area (Å²) in [5, 5.41) is 0. The van der Waals surface area contributed by atoms with Crippen LogP contribution in [-0.2, 0) is 0 Å². The van der Waals surface area contributed by atoms with Crippen LogP contribution in [-0.4, -0.2) is 41.4 Å². The van der Waals surface area contributed by atoms with Crippen molar-refractivity contribution in [2.75, 3.05) is 26.2 Å². The Balaban J connectivity index is 1.56. The van der Waals surface area contributed by atoms with E-state index in [0.29, 0.717) is 0 Å². The SMILES string of the molecule is Cc1cc(C)c(SN2CCC(N3CC(C)C[C@@H](C)C3)CC2)c(C)c1. The predicted octanol–water partition coefficient (Wildman–Crippen LogP) is 5.06. The summed E-state index contributed by atoms with van der Waals surface area (Å²) in [6, 6.07) is 5.45. The molecule has 0 aromatic heterocycles. The van der Waals surface area contributed by atoms with Gasteiger partial charge < -0.3 is 0 Å². The van der Waals surface area contributed by atoms with Gasteiger partial charge in [0.1, 0.15) is 0 Å². The van der Waals surface area contributed by atoms with E-state index in [-0.39, 0.29) is 0 Å². The maximum Gasteiger partial charge on any atom is 0.0288 e. The highest BCUT2D eigenvalue weighted by Gasteiger charge is 2.30. The van der Waals surface area contributed by atoms with Gasteiger partial charge in [-0.25, -0.2) is 4.31 Å². The van der Waals surface area contributed by atoms with Crippen molar-refractivity contribution in [1.29, 1.82) is 0 Å². The molecule has 2 aliphatic heterocycles. The Bertz CT molecular complexity index is 530. The minimum Gasteiger partial charge on any atom is -0.300 e. The summed E-state index contributed by atoms with van der Waals surface area (Å²) in [6.07, 6.45) is 4.07. The van der Waals surface area contributed by atoms with Crippen LogP contribution in [0, 0.1) is 32.6 Å². The Morgan fingerprint density at radius 2 is 1.46 bits per heavy atom. The molecule has 0 aliphatic carbocycles. The van der Waals surface area contributed by atoms with Gasteiger partial charge in [-0.15, -0.1) is 0 Å². The molecule has 3 heteroatoms. The fraction of sp³-hybridized carbons (Fsp3) is 0.714. The zero-order valence-corrected chi connectivity index (χ0v) is 17.0. The molecule has 1 aromatic rings. The minimum absolute atomic E-state index is 0.812. The number of piperidine rings is 2. The van der Waals surface area contributed by atoms with Crippen LogP contribution in [0.5, 0.6) is 0 Å². The first-order valence-corrected chi connectivity index (χ1v) is 10.4. The number of nitrogens with zero attached hydrogens (tertiary/aromatic N) is 2. The topological polar surface area (TPSA) is 6.48 Å². The van der Waals surface area contributed by atoms with E-state index in [1.54, 1.807) is 0 Å². The van der Waals surface area contributed by atoms with Gasteiger partial charge in [-0.3, -0.25) is 4.90 Å². The largest absolute Gasteiger partial charge is 0.300 e. The van der Waals surface area contributed by atoms with Crippen molar-refractivity contribution in [1.82, 2.24) is 9.21 Å². The Hall–Kier alpha value is -0.510. The lowest BCUT2D eigenvalue weighted by Crippen LogP contribution is -2.48. The van der Waals surface area contributed by atoms with Crippen LogP contribution in [0.25, 0.3) is 0 Å². The standard InChI is InChI=1S/C21H34N2S/c1-15-11-18(4)21(19(5)12-15)24-23-8-6-20(7-9-23)22-13-16(2)10-17(3)14-22/h11-12,16-17,20H,6-10,13-14H2,1-5H3/t16-,17?/m1/s1. The average molecular weight is 347 g/mol. The molecule has 2 fully saturated rings. The van der Waals surface area contributed by atoms with Crippen molar-refractivity contribution >= 4 is 11.9 Å². The number of benzene rings is 1. The molecule has 2 saturated heterocycles. The van der Waals surface area contributed by atoms with Crippen LogP contribution in [0.1, 0.15) is 49.8 Å². The number of aryl methyl sites for hydroxylation is 3. The summed E-state index contributed by atoms with van der Waals surface area (Å²) in [6.45, 7) is 16.6. The molecule has 0 radical (unpaired) electrons. The fourth-order valence-electron chi connectivity index (χ4n) is 4.75. The Morgan fingerprint density at radius 3 is 2.00 bits per heavy atom. The molecule has 24 heavy (non-hydrogen) atoms. The second kappa shape index (κ2) is 7.80. The van der Waals surface area contributed by atoms with Gasteiger partial charge in [0.15, 0.2) is 0 Å². The van der Waals surface area contributed by atoms with Crippen LogP contribution in [0.2, 0.25) is 0 Å². The molecule has 2 atom stereocenters. The van der Waals surface area contributed by atoms with Crippen LogP contribution in [0.15, 0.2) is 17.0 Å². The number of hydrogen-bond donors (Lipinski definition) is 0. The number of hydrogen-bond acceptors (Lipinski definition) is 3. The Morgan fingerprint density at radius 1 is 0.917 bits per heavy atom. The van der Waals surface area contributed by atoms with E-state index in [1.165, 1.54) is 67.0 Å². The summed E-state index contributed by atoms with van der Waals surface area (Å²) in [7, 11) is 0. The van der Waals surface area contributed by atoms with Gasteiger partial charge in [0.25, 0.3) is 0 Å². The van der Waals surface area contributed by atoms with Gasteiger partial charge in [0, 0.05) is 37.1 Å². The lowest BCUT2D eigenvalue weighted by Gasteiger charge is -2.43. The maximum atomic E-state index is 2.79. The molecule has 1 aromatic carbocycles. The third-order valence-corrected chi connectivity index (χ3v) is 7.11. The first-order valence-electron chi connectivity index (χ1n) is 9.67. The van der Waals surface area contributed by atoms with Crippen molar-refractivity contribution in [3.8, 4) is 0 Å². The van der Waals surface area contributed by atoms with Crippen molar-refractivity contribution in [2.24, 2.45) is 11.8 Å². The van der Waals surface area contributed by atoms with Gasteiger partial charge in [-0.2, -0.15) is 0 Å². The molecule has 2 nitrogen and oxygen atoms in total. The van der Waals surface area contributed by atoms with E-state index in [9.17, 15) is 0 Å². The fourth-order valence-corrected chi connectivity index (χ4v) is 5.81. The van der Waals surface area contributed by atoms with Gasteiger partial charge in [0.2, 0.25) is 0 Å². The van der Waals surface area contributed by atoms with Gasteiger partial charge >= 0.3 is 0 Å². The van der Waals surface area contributed by atoms with E-state index >= 15 is 0 Å². The molecule has 0 saturated carbocycles. The second-order valence-electron chi connectivity index (χ2n) is 8.38. The number of likely N-dealkylation sites (tertiary alicyclic amines) is 1. The Labute approximate surface area is 153 Å². The molecule has 0 spiro atoms. The molecule has 1 unspecified atom stereocenters. The van der Waals surface area contributed by atoms with Gasteiger partial charge in [-0.05, 0) is 74.9 Å². The highest BCUT2D eigenvalue weighted by Crippen LogP contribution is 2.34. The molecule has 134 valence electrons. The lowest BCUT2D eigenvalue weighted by molar-refractivity contribution is 0.0703. The highest BCUT2D eigenvalue weighted by atomic mass is 32.2. The molecule has 0 N–H and O–H groups in total. The quantitative estimate of drug-likeness (QED) is 0.706. The van der Waals surface area contributed by atoms with Crippen molar-refractivity contribution < 1.29 is 0 Å². The zero-order chi connectivity index (χ0) is 17.3. The predicted molar refractivity (Wildman–Crippen MR) is 106 cm³/mol. The normalized spacial score (nSPS) is 27.5. The van der Waals surface area contributed by atoms with E-state index in [2.05, 4.69) is 56.0 Å². The summed E-state index contributed by atoms with van der Waals surface area (Å²) in [5.74, 6) is 1.75. The summed E-state index contributed by atoms with van der Waals surface area (Å²) >= 11 is 1.99. The number of rotatable bonds is 3. The van der Waals surface area contributed by atoms with Crippen molar-refractivity contribution in [3.05, 3.63) is 28.8 Å². The first kappa shape index (κ1) is 18.3. The highest BCUT2D eigenvalue weighted by molar-refractivity contribution is 7.97. The second-order valence-corrected chi connectivity index (χ2v) is 9.49. The van der Waals surface area contributed by atoms with E-state index in [1.807, 2.05) is 11.9 Å². The van der Waals surface area contributed by atoms with Crippen molar-refractivity contribution in [2.45, 2.75) is 64.8 Å². The lowest BCUT2D eigenvalue weighted by atomic mass is 9.89. The van der Waals surface area contributed by atoms with Crippen LogP contribution < -0.4 is 0 Å². The molecule has 2 aliphatic rings. The maximum absolute atomic E-state index is 2.79. The van der Waals surface area contributed by atoms with E-state index in [0.717, 1.165) is 17.9 Å². The van der Waals surface area contributed by atoms with Gasteiger partial charge in [0.05, 0.1) is 0 Å². The molecule has 0 amide bonds. The molecular formula is C21H34N2S. The van der Waals surface area contributed by atoms with Crippen LogP contribution >= 0.6 is 11.9 Å². The summed E-state index contributed by atoms with van der Waals surface area (Å²) in [5.41, 5.74) is 4.23. The summed E-state index contributed by atoms with van der Waals surface area (Å²) in [4.78, 5) is 4.27. The summed E-state index contributed by atoms with van der Waals surface area (Å²) < 4.78 is 2.60. The molecule has 0 bridgehead atoms. The van der Waals surface area contributed by atoms with E-state index < -0.39 is 0 Å². The average Bonchev–Trinajstić information content (AvgIpc) is 2.50. The van der Waals surface area contributed by atoms with Crippen LogP contribution in [0.4, 0.5) is 0 Å². The van der Waals surface area contributed by atoms with E-state index in [4.69, 9.17) is 0 Å². The van der Waals surface area contributed by atoms with Gasteiger partial charge in [-0.1, -0.05) is 31.5 Å². The smallest absolute Gasteiger partial charge is 0.0288 e. The third-order valence-electron chi connectivity index (χ3n) is 5.66. The first-order chi connectivity index (χ1) is 11.4. The molecular weight excluding hydrogens is 312 g/mol. The van der Waals surface area contributed by atoms with Crippen LogP contribution in [0.3, 0.4) is 0 Å². The monoisotopic (exact) mass is 346 g/mol. The van der Waals surface area contributed by atoms with Crippen molar-refractivity contribution in [3.63, 3.8) is 0 Å². The minimum atomic E-state index is 0.812. The molecule has 3 rings (SSSR count). The molecule has 2 heterocycles.